The number of piperidine rings is 2. The van der Waals surface area contributed by atoms with Crippen LogP contribution in [0.2, 0.25) is 0 Å². The predicted molar refractivity (Wildman–Crippen MR) is 59.3 cm³/mol. The lowest BCUT2D eigenvalue weighted by molar-refractivity contribution is -0.120. The van der Waals surface area contributed by atoms with E-state index in [4.69, 9.17) is 5.73 Å². The minimum Gasteiger partial charge on any atom is -0.368 e. The van der Waals surface area contributed by atoms with Gasteiger partial charge in [-0.15, -0.1) is 0 Å². The largest absolute Gasteiger partial charge is 0.368 e. The van der Waals surface area contributed by atoms with Crippen molar-refractivity contribution in [1.82, 2.24) is 10.6 Å². The van der Waals surface area contributed by atoms with Gasteiger partial charge in [0.2, 0.25) is 5.91 Å². The first-order chi connectivity index (χ1) is 7.27. The maximum atomic E-state index is 11.0. The summed E-state index contributed by atoms with van der Waals surface area (Å²) < 4.78 is 0. The molecule has 2 fully saturated rings. The molecule has 4 nitrogen and oxygen atoms in total. The molecule has 0 saturated carbocycles. The number of hydrogen-bond donors (Lipinski definition) is 3. The van der Waals surface area contributed by atoms with E-state index < -0.39 is 0 Å². The molecule has 0 spiro atoms. The Labute approximate surface area is 91.0 Å². The van der Waals surface area contributed by atoms with E-state index in [-0.39, 0.29) is 11.9 Å². The Kier molecular flexibility index (Phi) is 3.59. The van der Waals surface area contributed by atoms with E-state index in [1.807, 2.05) is 0 Å². The van der Waals surface area contributed by atoms with E-state index in [1.165, 1.54) is 12.8 Å². The fraction of sp³-hybridized carbons (Fsp3) is 0.909. The van der Waals surface area contributed by atoms with E-state index >= 15 is 0 Å². The molecule has 2 rings (SSSR count). The van der Waals surface area contributed by atoms with Gasteiger partial charge in [-0.05, 0) is 57.2 Å². The number of primary amides is 1. The molecule has 0 radical (unpaired) electrons. The highest BCUT2D eigenvalue weighted by Gasteiger charge is 2.29. The van der Waals surface area contributed by atoms with Crippen molar-refractivity contribution in [3.63, 3.8) is 0 Å². The van der Waals surface area contributed by atoms with Gasteiger partial charge in [-0.2, -0.15) is 0 Å². The van der Waals surface area contributed by atoms with Crippen molar-refractivity contribution in [2.24, 2.45) is 17.6 Å². The number of amides is 1. The summed E-state index contributed by atoms with van der Waals surface area (Å²) in [5.74, 6) is 1.40. The quantitative estimate of drug-likeness (QED) is 0.594. The first kappa shape index (κ1) is 10.9. The second-order valence-electron chi connectivity index (χ2n) is 4.79. The van der Waals surface area contributed by atoms with Gasteiger partial charge in [0, 0.05) is 0 Å². The zero-order valence-electron chi connectivity index (χ0n) is 9.17. The maximum absolute atomic E-state index is 11.0. The van der Waals surface area contributed by atoms with Crippen LogP contribution in [0.3, 0.4) is 0 Å². The fourth-order valence-electron chi connectivity index (χ4n) is 2.84. The molecule has 0 bridgehead atoms. The van der Waals surface area contributed by atoms with E-state index in [0.29, 0.717) is 0 Å². The van der Waals surface area contributed by atoms with Crippen molar-refractivity contribution in [2.75, 3.05) is 19.6 Å². The van der Waals surface area contributed by atoms with E-state index in [0.717, 1.165) is 44.3 Å². The Hall–Kier alpha value is -0.610. The van der Waals surface area contributed by atoms with Gasteiger partial charge in [-0.3, -0.25) is 4.79 Å². The molecule has 86 valence electrons. The zero-order chi connectivity index (χ0) is 10.7. The number of rotatable bonds is 2. The van der Waals surface area contributed by atoms with Crippen LogP contribution >= 0.6 is 0 Å². The summed E-state index contributed by atoms with van der Waals surface area (Å²) in [6, 6.07) is -0.0806. The molecule has 2 atom stereocenters. The number of hydrogen-bond acceptors (Lipinski definition) is 3. The van der Waals surface area contributed by atoms with Crippen molar-refractivity contribution < 1.29 is 4.79 Å². The molecule has 4 heteroatoms. The standard InChI is InChI=1S/C11H21N3O/c12-11(15)10-2-1-9(7-14-10)8-3-5-13-6-4-8/h8-10,13-14H,1-7H2,(H2,12,15). The van der Waals surface area contributed by atoms with Crippen molar-refractivity contribution in [2.45, 2.75) is 31.7 Å². The lowest BCUT2D eigenvalue weighted by atomic mass is 9.79. The molecule has 0 aromatic rings. The molecule has 15 heavy (non-hydrogen) atoms. The highest BCUT2D eigenvalue weighted by atomic mass is 16.1. The SMILES string of the molecule is NC(=O)C1CCC(C2CCNCC2)CN1. The monoisotopic (exact) mass is 211 g/mol. The normalized spacial score (nSPS) is 33.9. The molecule has 2 heterocycles. The Morgan fingerprint density at radius 3 is 2.33 bits per heavy atom. The molecule has 1 amide bonds. The van der Waals surface area contributed by atoms with E-state index in [2.05, 4.69) is 10.6 Å². The van der Waals surface area contributed by atoms with Crippen molar-refractivity contribution in [3.8, 4) is 0 Å². The highest BCUT2D eigenvalue weighted by molar-refractivity contribution is 5.79. The molecule has 4 N–H and O–H groups in total. The fourth-order valence-corrected chi connectivity index (χ4v) is 2.84. The summed E-state index contributed by atoms with van der Waals surface area (Å²) in [6.45, 7) is 3.28. The minimum atomic E-state index is -0.196. The van der Waals surface area contributed by atoms with Crippen LogP contribution in [0.1, 0.15) is 25.7 Å². The van der Waals surface area contributed by atoms with Crippen LogP contribution < -0.4 is 16.4 Å². The Morgan fingerprint density at radius 1 is 1.07 bits per heavy atom. The van der Waals surface area contributed by atoms with Crippen LogP contribution in [-0.4, -0.2) is 31.6 Å². The van der Waals surface area contributed by atoms with Crippen molar-refractivity contribution >= 4 is 5.91 Å². The van der Waals surface area contributed by atoms with Crippen molar-refractivity contribution in [3.05, 3.63) is 0 Å². The number of carbonyl (C=O) groups is 1. The topological polar surface area (TPSA) is 67.2 Å². The van der Waals surface area contributed by atoms with Crippen molar-refractivity contribution in [1.29, 1.82) is 0 Å². The summed E-state index contributed by atoms with van der Waals surface area (Å²) in [7, 11) is 0. The summed E-state index contributed by atoms with van der Waals surface area (Å²) >= 11 is 0. The second kappa shape index (κ2) is 4.94. The Bertz CT molecular complexity index is 218. The zero-order valence-corrected chi connectivity index (χ0v) is 9.17. The smallest absolute Gasteiger partial charge is 0.234 e. The molecule has 2 aliphatic heterocycles. The molecular weight excluding hydrogens is 190 g/mol. The summed E-state index contributed by atoms with van der Waals surface area (Å²) in [4.78, 5) is 11.0. The molecule has 2 unspecified atom stereocenters. The summed E-state index contributed by atoms with van der Waals surface area (Å²) in [6.07, 6.45) is 4.65. The predicted octanol–water partition coefficient (Wildman–Crippen LogP) is -0.160. The Morgan fingerprint density at radius 2 is 1.80 bits per heavy atom. The second-order valence-corrected chi connectivity index (χ2v) is 4.79. The minimum absolute atomic E-state index is 0.0806. The molecular formula is C11H21N3O. The highest BCUT2D eigenvalue weighted by Crippen LogP contribution is 2.28. The third kappa shape index (κ3) is 2.69. The van der Waals surface area contributed by atoms with Gasteiger partial charge in [0.1, 0.15) is 0 Å². The number of carbonyl (C=O) groups excluding carboxylic acids is 1. The molecule has 2 aliphatic rings. The summed E-state index contributed by atoms with van der Waals surface area (Å²) in [5.41, 5.74) is 5.28. The van der Waals surface area contributed by atoms with Gasteiger partial charge in [0.15, 0.2) is 0 Å². The molecule has 0 aromatic heterocycles. The molecule has 2 saturated heterocycles. The van der Waals surface area contributed by atoms with E-state index in [1.54, 1.807) is 0 Å². The van der Waals surface area contributed by atoms with Gasteiger partial charge in [-0.1, -0.05) is 0 Å². The third-order valence-electron chi connectivity index (χ3n) is 3.85. The van der Waals surface area contributed by atoms with Gasteiger partial charge in [0.25, 0.3) is 0 Å². The lowest BCUT2D eigenvalue weighted by Gasteiger charge is -2.35. The van der Waals surface area contributed by atoms with Gasteiger partial charge in [0.05, 0.1) is 6.04 Å². The van der Waals surface area contributed by atoms with Gasteiger partial charge in [-0.25, -0.2) is 0 Å². The first-order valence-corrected chi connectivity index (χ1v) is 6.01. The van der Waals surface area contributed by atoms with Crippen LogP contribution in [-0.2, 0) is 4.79 Å². The number of nitrogens with two attached hydrogens (primary N) is 1. The van der Waals surface area contributed by atoms with Gasteiger partial charge >= 0.3 is 0 Å². The van der Waals surface area contributed by atoms with Gasteiger partial charge < -0.3 is 16.4 Å². The Balaban J connectivity index is 1.79. The molecule has 0 aliphatic carbocycles. The maximum Gasteiger partial charge on any atom is 0.234 e. The van der Waals surface area contributed by atoms with Crippen LogP contribution in [0.25, 0.3) is 0 Å². The van der Waals surface area contributed by atoms with Crippen LogP contribution in [0.4, 0.5) is 0 Å². The van der Waals surface area contributed by atoms with E-state index in [9.17, 15) is 4.79 Å². The first-order valence-electron chi connectivity index (χ1n) is 6.01. The number of nitrogens with one attached hydrogen (secondary N) is 2. The van der Waals surface area contributed by atoms with Crippen LogP contribution in [0, 0.1) is 11.8 Å². The molecule has 0 aromatic carbocycles. The third-order valence-corrected chi connectivity index (χ3v) is 3.85. The lowest BCUT2D eigenvalue weighted by Crippen LogP contribution is -2.49. The average Bonchev–Trinajstić information content (AvgIpc) is 2.30. The van der Waals surface area contributed by atoms with Crippen LogP contribution in [0.5, 0.6) is 0 Å². The average molecular weight is 211 g/mol. The van der Waals surface area contributed by atoms with Crippen LogP contribution in [0.15, 0.2) is 0 Å². The summed E-state index contributed by atoms with van der Waals surface area (Å²) in [5, 5.41) is 6.66.